The SMILES string of the molecule is [C-]#[N+]c1cc(C(F)(F)F)c(/C(O)=C/C(=O)C2(C(F)(F)F)C(F)(F)C(F)(F)C(F)(F)C2(F)F)cc1F. The fraction of sp³-hybridized carbons (Fsp3) is 0.412. The minimum absolute atomic E-state index is 0.396. The van der Waals surface area contributed by atoms with Crippen molar-refractivity contribution in [1.29, 1.82) is 0 Å². The van der Waals surface area contributed by atoms with Gasteiger partial charge in [0.25, 0.3) is 5.41 Å². The van der Waals surface area contributed by atoms with E-state index < -0.39 is 93.8 Å². The number of rotatable bonds is 3. The molecule has 0 amide bonds. The van der Waals surface area contributed by atoms with Gasteiger partial charge in [-0.1, -0.05) is 0 Å². The van der Waals surface area contributed by atoms with Crippen molar-refractivity contribution < 1.29 is 75.8 Å². The van der Waals surface area contributed by atoms with Crippen LogP contribution in [0.2, 0.25) is 0 Å². The fourth-order valence-electron chi connectivity index (χ4n) is 3.27. The Morgan fingerprint density at radius 3 is 1.63 bits per heavy atom. The molecule has 0 radical (unpaired) electrons. The number of nitrogens with zero attached hydrogens (tertiary/aromatic N) is 1. The second-order valence-corrected chi connectivity index (χ2v) is 6.90. The molecule has 1 fully saturated rings. The molecule has 0 unspecified atom stereocenters. The molecule has 0 heterocycles. The first-order chi connectivity index (χ1) is 15.4. The summed E-state index contributed by atoms with van der Waals surface area (Å²) >= 11 is 0. The number of carbonyl (C=O) groups excluding carboxylic acids is 1. The Hall–Kier alpha value is -3.13. The minimum atomic E-state index is -7.62. The van der Waals surface area contributed by atoms with Gasteiger partial charge in [0.15, 0.2) is 5.78 Å². The number of halogens is 15. The first kappa shape index (κ1) is 28.1. The predicted molar refractivity (Wildman–Crippen MR) is 81.6 cm³/mol. The zero-order valence-corrected chi connectivity index (χ0v) is 15.7. The lowest BCUT2D eigenvalue weighted by Gasteiger charge is -2.37. The highest BCUT2D eigenvalue weighted by Gasteiger charge is 3.06. The van der Waals surface area contributed by atoms with Crippen LogP contribution in [0.25, 0.3) is 10.6 Å². The Labute approximate surface area is 182 Å². The van der Waals surface area contributed by atoms with Gasteiger partial charge in [0.05, 0.1) is 12.1 Å². The number of hydrogen-bond donors (Lipinski definition) is 1. The van der Waals surface area contributed by atoms with Gasteiger partial charge < -0.3 is 5.11 Å². The van der Waals surface area contributed by atoms with Crippen molar-refractivity contribution in [1.82, 2.24) is 0 Å². The molecule has 0 aromatic heterocycles. The molecule has 0 aliphatic heterocycles. The minimum Gasteiger partial charge on any atom is -0.507 e. The summed E-state index contributed by atoms with van der Waals surface area (Å²) in [5.41, 5.74) is -13.1. The van der Waals surface area contributed by atoms with Crippen molar-refractivity contribution in [2.24, 2.45) is 5.41 Å². The molecule has 194 valence electrons. The number of hydrogen-bond acceptors (Lipinski definition) is 2. The topological polar surface area (TPSA) is 41.7 Å². The normalized spacial score (nSPS) is 22.5. The number of allylic oxidation sites excluding steroid dienone is 1. The molecule has 35 heavy (non-hydrogen) atoms. The van der Waals surface area contributed by atoms with Gasteiger partial charge in [-0.2, -0.15) is 61.5 Å². The van der Waals surface area contributed by atoms with E-state index in [0.29, 0.717) is 0 Å². The standard InChI is InChI=1S/C17H4F15NO2/c1-33-8-3-6(12(19,20)21)5(2-7(8)18)9(34)4-10(35)11(17(30,31)32)13(22,23)15(26,27)16(28,29)14(11,24)25/h2-4,34H/b9-4-. The van der Waals surface area contributed by atoms with Gasteiger partial charge in [-0.3, -0.25) is 4.79 Å². The smallest absolute Gasteiger partial charge is 0.415 e. The summed E-state index contributed by atoms with van der Waals surface area (Å²) in [4.78, 5) is 14.2. The van der Waals surface area contributed by atoms with E-state index >= 15 is 0 Å². The molecule has 1 aromatic rings. The maximum Gasteiger partial charge on any atom is 0.415 e. The van der Waals surface area contributed by atoms with E-state index in [1.54, 1.807) is 0 Å². The maximum absolute atomic E-state index is 14.0. The van der Waals surface area contributed by atoms with Gasteiger partial charge in [-0.15, -0.1) is 0 Å². The molecular formula is C17H4F15NO2. The highest BCUT2D eigenvalue weighted by atomic mass is 19.4. The predicted octanol–water partition coefficient (Wildman–Crippen LogP) is 6.97. The summed E-state index contributed by atoms with van der Waals surface area (Å²) in [6.45, 7) is 6.50. The maximum atomic E-state index is 14.0. The van der Waals surface area contributed by atoms with Crippen LogP contribution in [0.15, 0.2) is 18.2 Å². The molecule has 18 heteroatoms. The lowest BCUT2D eigenvalue weighted by molar-refractivity contribution is -0.341. The summed E-state index contributed by atoms with van der Waals surface area (Å²) in [7, 11) is 0. The zero-order valence-electron chi connectivity index (χ0n) is 15.7. The molecule has 1 N–H and O–H groups in total. The van der Waals surface area contributed by atoms with Gasteiger partial charge in [-0.05, 0) is 12.1 Å². The van der Waals surface area contributed by atoms with Gasteiger partial charge in [0.1, 0.15) is 11.6 Å². The van der Waals surface area contributed by atoms with Gasteiger partial charge in [-0.25, -0.2) is 9.24 Å². The van der Waals surface area contributed by atoms with E-state index in [1.807, 2.05) is 0 Å². The summed E-state index contributed by atoms with van der Waals surface area (Å²) in [6, 6.07) is -0.878. The molecular weight excluding hydrogens is 535 g/mol. The van der Waals surface area contributed by atoms with Crippen LogP contribution in [0.1, 0.15) is 11.1 Å². The third kappa shape index (κ3) is 3.26. The number of aliphatic hydroxyl groups is 1. The van der Waals surface area contributed by atoms with Crippen LogP contribution >= 0.6 is 0 Å². The van der Waals surface area contributed by atoms with E-state index in [1.165, 1.54) is 0 Å². The fourth-order valence-corrected chi connectivity index (χ4v) is 3.27. The summed E-state index contributed by atoms with van der Waals surface area (Å²) < 4.78 is 203. The van der Waals surface area contributed by atoms with Crippen molar-refractivity contribution in [3.63, 3.8) is 0 Å². The lowest BCUT2D eigenvalue weighted by atomic mass is 9.74. The van der Waals surface area contributed by atoms with Crippen LogP contribution in [0, 0.1) is 17.8 Å². The first-order valence-electron chi connectivity index (χ1n) is 8.19. The molecule has 0 bridgehead atoms. The van der Waals surface area contributed by atoms with Crippen LogP contribution in [-0.4, -0.2) is 40.8 Å². The van der Waals surface area contributed by atoms with E-state index in [0.717, 1.165) is 0 Å². The molecule has 0 spiro atoms. The highest BCUT2D eigenvalue weighted by molar-refractivity contribution is 6.02. The lowest BCUT2D eigenvalue weighted by Crippen LogP contribution is -2.64. The van der Waals surface area contributed by atoms with Gasteiger partial charge >= 0.3 is 36.0 Å². The Balaban J connectivity index is 2.94. The van der Waals surface area contributed by atoms with E-state index in [4.69, 9.17) is 6.57 Å². The summed E-state index contributed by atoms with van der Waals surface area (Å²) in [5.74, 6) is -39.0. The van der Waals surface area contributed by atoms with Crippen LogP contribution in [0.5, 0.6) is 0 Å². The molecule has 1 aromatic carbocycles. The molecule has 2 rings (SSSR count). The van der Waals surface area contributed by atoms with Crippen molar-refractivity contribution in [3.05, 3.63) is 46.6 Å². The second-order valence-electron chi connectivity index (χ2n) is 6.90. The van der Waals surface area contributed by atoms with Crippen LogP contribution in [0.4, 0.5) is 71.5 Å². The monoisotopic (exact) mass is 539 g/mol. The molecule has 1 saturated carbocycles. The number of carbonyl (C=O) groups is 1. The van der Waals surface area contributed by atoms with Crippen LogP contribution in [0.3, 0.4) is 0 Å². The number of aliphatic hydroxyl groups excluding tert-OH is 1. The van der Waals surface area contributed by atoms with E-state index in [-0.39, 0.29) is 0 Å². The largest absolute Gasteiger partial charge is 0.507 e. The molecule has 1 aliphatic carbocycles. The number of benzene rings is 1. The van der Waals surface area contributed by atoms with E-state index in [9.17, 15) is 75.8 Å². The van der Waals surface area contributed by atoms with Crippen molar-refractivity contribution >= 4 is 17.2 Å². The third-order valence-corrected chi connectivity index (χ3v) is 4.98. The second kappa shape index (κ2) is 7.43. The Morgan fingerprint density at radius 1 is 0.857 bits per heavy atom. The van der Waals surface area contributed by atoms with Crippen molar-refractivity contribution in [2.75, 3.05) is 0 Å². The van der Waals surface area contributed by atoms with Crippen LogP contribution < -0.4 is 0 Å². The van der Waals surface area contributed by atoms with Gasteiger partial charge in [0, 0.05) is 11.6 Å². The Morgan fingerprint density at radius 2 is 1.29 bits per heavy atom. The van der Waals surface area contributed by atoms with E-state index in [2.05, 4.69) is 4.85 Å². The summed E-state index contributed by atoms with van der Waals surface area (Å²) in [5, 5.41) is 9.63. The zero-order chi connectivity index (χ0) is 27.8. The van der Waals surface area contributed by atoms with Gasteiger partial charge in [0.2, 0.25) is 5.69 Å². The first-order valence-corrected chi connectivity index (χ1v) is 8.19. The molecule has 3 nitrogen and oxygen atoms in total. The molecule has 0 saturated heterocycles. The average molecular weight is 539 g/mol. The Kier molecular flexibility index (Phi) is 5.97. The number of ketones is 1. The van der Waals surface area contributed by atoms with Crippen molar-refractivity contribution in [3.8, 4) is 0 Å². The molecule has 1 aliphatic rings. The summed E-state index contributed by atoms with van der Waals surface area (Å²) in [6.07, 6.45) is -14.9. The van der Waals surface area contributed by atoms with Crippen molar-refractivity contribution in [2.45, 2.75) is 36.0 Å². The Bertz CT molecular complexity index is 1110. The highest BCUT2D eigenvalue weighted by Crippen LogP contribution is 2.75. The third-order valence-electron chi connectivity index (χ3n) is 4.98. The average Bonchev–Trinajstić information content (AvgIpc) is 2.70. The quantitative estimate of drug-likeness (QED) is 0.195. The molecule has 0 atom stereocenters. The number of alkyl halides is 14. The van der Waals surface area contributed by atoms with Crippen LogP contribution in [-0.2, 0) is 11.0 Å².